The third kappa shape index (κ3) is 6.48. The van der Waals surface area contributed by atoms with Crippen LogP contribution in [-0.2, 0) is 25.4 Å². The molecule has 0 saturated carbocycles. The second-order valence-corrected chi connectivity index (χ2v) is 12.1. The van der Waals surface area contributed by atoms with Crippen LogP contribution < -0.4 is 31.9 Å². The zero-order chi connectivity index (χ0) is 35.0. The Morgan fingerprint density at radius 1 is 1.00 bits per heavy atom. The zero-order valence-corrected chi connectivity index (χ0v) is 27.9. The van der Waals surface area contributed by atoms with E-state index in [9.17, 15) is 23.2 Å². The number of pyridine rings is 1. The summed E-state index contributed by atoms with van der Waals surface area (Å²) in [5.41, 5.74) is 3.05. The van der Waals surface area contributed by atoms with Crippen LogP contribution in [0.25, 0.3) is 33.4 Å². The lowest BCUT2D eigenvalue weighted by Crippen LogP contribution is -2.38. The van der Waals surface area contributed by atoms with Gasteiger partial charge >= 0.3 is 5.69 Å². The van der Waals surface area contributed by atoms with Gasteiger partial charge in [-0.1, -0.05) is 48.0 Å². The molecule has 1 atom stereocenters. The van der Waals surface area contributed by atoms with Crippen molar-refractivity contribution in [2.75, 3.05) is 19.0 Å². The fourth-order valence-corrected chi connectivity index (χ4v) is 6.26. The highest BCUT2D eigenvalue weighted by Crippen LogP contribution is 2.40. The number of ether oxygens (including phenoxy) is 1. The number of nitrogens with zero attached hydrogens (tertiary/aromatic N) is 5. The number of carbonyl (C=O) groups is 1. The second-order valence-electron chi connectivity index (χ2n) is 11.7. The minimum Gasteiger partial charge on any atom is -0.481 e. The highest BCUT2D eigenvalue weighted by molar-refractivity contribution is 6.36. The third-order valence-corrected chi connectivity index (χ3v) is 8.99. The highest BCUT2D eigenvalue weighted by Gasteiger charge is 2.23. The number of benzene rings is 2. The molecular weight excluding hydrogens is 658 g/mol. The van der Waals surface area contributed by atoms with Gasteiger partial charge in [0.15, 0.2) is 11.5 Å². The molecule has 1 aliphatic rings. The van der Waals surface area contributed by atoms with Crippen LogP contribution in [0.4, 0.5) is 20.3 Å². The summed E-state index contributed by atoms with van der Waals surface area (Å²) in [7, 11) is 4.20. The molecule has 0 aliphatic carbocycles. The van der Waals surface area contributed by atoms with E-state index in [1.807, 2.05) is 43.3 Å². The SMILES string of the molecule is COc1nc(-c2cccc(-c3cccc(Nc4nc(C(F)F)nc5c4c(=O)n(C)c(=O)n5C)c3C)c2Cl)ccc1CNC[C@@H]1CCC(=O)N1. The molecule has 0 radical (unpaired) electrons. The number of alkyl halides is 2. The second kappa shape index (κ2) is 13.7. The molecule has 0 bridgehead atoms. The summed E-state index contributed by atoms with van der Waals surface area (Å²) in [4.78, 5) is 49.7. The van der Waals surface area contributed by atoms with E-state index in [1.54, 1.807) is 19.2 Å². The number of hydrogen-bond donors (Lipinski definition) is 3. The van der Waals surface area contributed by atoms with Crippen LogP contribution >= 0.6 is 11.6 Å². The van der Waals surface area contributed by atoms with Crippen molar-refractivity contribution in [2.45, 2.75) is 38.8 Å². The molecule has 254 valence electrons. The largest absolute Gasteiger partial charge is 0.481 e. The normalized spacial score (nSPS) is 14.4. The maximum absolute atomic E-state index is 13.8. The van der Waals surface area contributed by atoms with Gasteiger partial charge in [0.25, 0.3) is 12.0 Å². The molecule has 3 N–H and O–H groups in total. The fourth-order valence-electron chi connectivity index (χ4n) is 5.93. The standard InChI is InChI=1S/C34H33ClF2N8O4/c1-17-20(7-6-10-23(17)40-29-26-31(43-30(42-29)28(36)37)44(2)34(48)45(3)33(26)47)21-8-5-9-22(27(21)35)24-13-11-18(32(41-24)49-4)15-38-16-19-12-14-25(46)39-19/h5-11,13,19,28,38H,12,14-16H2,1-4H3,(H,39,46)(H,40,42,43)/t19-/m0/s1. The molecule has 15 heteroatoms. The summed E-state index contributed by atoms with van der Waals surface area (Å²) in [5.74, 6) is -0.477. The molecule has 1 fully saturated rings. The first-order valence-corrected chi connectivity index (χ1v) is 15.8. The van der Waals surface area contributed by atoms with Crippen molar-refractivity contribution < 1.29 is 18.3 Å². The van der Waals surface area contributed by atoms with Crippen LogP contribution in [0.3, 0.4) is 0 Å². The van der Waals surface area contributed by atoms with Crippen LogP contribution in [0.15, 0.2) is 58.1 Å². The van der Waals surface area contributed by atoms with E-state index in [4.69, 9.17) is 21.3 Å². The molecule has 6 rings (SSSR count). The third-order valence-electron chi connectivity index (χ3n) is 8.59. The van der Waals surface area contributed by atoms with Gasteiger partial charge in [0.05, 0.1) is 17.8 Å². The van der Waals surface area contributed by atoms with Crippen LogP contribution in [-0.4, -0.2) is 49.7 Å². The predicted molar refractivity (Wildman–Crippen MR) is 183 cm³/mol. The van der Waals surface area contributed by atoms with E-state index in [1.165, 1.54) is 14.1 Å². The Hall–Kier alpha value is -5.21. The number of carbonyl (C=O) groups excluding carboxylic acids is 1. The number of hydrogen-bond acceptors (Lipinski definition) is 9. The molecule has 1 saturated heterocycles. The zero-order valence-electron chi connectivity index (χ0n) is 27.1. The van der Waals surface area contributed by atoms with E-state index >= 15 is 0 Å². The molecule has 2 aromatic carbocycles. The minimum atomic E-state index is -3.04. The van der Waals surface area contributed by atoms with E-state index in [-0.39, 0.29) is 28.8 Å². The molecule has 3 aromatic heterocycles. The Kier molecular flexibility index (Phi) is 9.43. The average Bonchev–Trinajstić information content (AvgIpc) is 3.51. The first-order valence-electron chi connectivity index (χ1n) is 15.4. The van der Waals surface area contributed by atoms with E-state index < -0.39 is 23.5 Å². The van der Waals surface area contributed by atoms with Crippen molar-refractivity contribution in [3.8, 4) is 28.3 Å². The summed E-state index contributed by atoms with van der Waals surface area (Å²) in [6.45, 7) is 2.96. The Morgan fingerprint density at radius 2 is 1.73 bits per heavy atom. The Balaban J connectivity index is 1.33. The lowest BCUT2D eigenvalue weighted by molar-refractivity contribution is -0.119. The summed E-state index contributed by atoms with van der Waals surface area (Å²) >= 11 is 7.04. The molecule has 0 spiro atoms. The van der Waals surface area contributed by atoms with Crippen molar-refractivity contribution >= 4 is 40.0 Å². The van der Waals surface area contributed by atoms with Crippen molar-refractivity contribution in [1.29, 1.82) is 0 Å². The van der Waals surface area contributed by atoms with Gasteiger partial charge in [-0.3, -0.25) is 18.7 Å². The van der Waals surface area contributed by atoms with Crippen molar-refractivity contribution in [1.82, 2.24) is 34.7 Å². The molecule has 49 heavy (non-hydrogen) atoms. The number of amides is 1. The van der Waals surface area contributed by atoms with Crippen LogP contribution in [0.2, 0.25) is 5.02 Å². The van der Waals surface area contributed by atoms with E-state index in [2.05, 4.69) is 25.9 Å². The van der Waals surface area contributed by atoms with Gasteiger partial charge in [-0.2, -0.15) is 0 Å². The first kappa shape index (κ1) is 33.7. The predicted octanol–water partition coefficient (Wildman–Crippen LogP) is 4.78. The van der Waals surface area contributed by atoms with Gasteiger partial charge in [-0.05, 0) is 36.6 Å². The molecular formula is C34H33ClF2N8O4. The van der Waals surface area contributed by atoms with Crippen LogP contribution in [0.5, 0.6) is 5.88 Å². The Bertz CT molecular complexity index is 2220. The Morgan fingerprint density at radius 3 is 2.45 bits per heavy atom. The summed E-state index contributed by atoms with van der Waals surface area (Å²) in [5, 5.41) is 9.66. The topological polar surface area (TPSA) is 145 Å². The molecule has 1 amide bonds. The van der Waals surface area contributed by atoms with Gasteiger partial charge in [-0.15, -0.1) is 0 Å². The number of aryl methyl sites for hydroxylation is 1. The number of halogens is 3. The van der Waals surface area contributed by atoms with E-state index in [0.717, 1.165) is 26.7 Å². The number of anilines is 2. The lowest BCUT2D eigenvalue weighted by Gasteiger charge is -2.17. The number of fused-ring (bicyclic) bond motifs is 1. The smallest absolute Gasteiger partial charge is 0.332 e. The number of nitrogens with one attached hydrogen (secondary N) is 3. The molecule has 1 aliphatic heterocycles. The average molecular weight is 691 g/mol. The minimum absolute atomic E-state index is 0.0664. The lowest BCUT2D eigenvalue weighted by atomic mass is 9.96. The van der Waals surface area contributed by atoms with Crippen LogP contribution in [0, 0.1) is 6.92 Å². The highest BCUT2D eigenvalue weighted by atomic mass is 35.5. The monoisotopic (exact) mass is 690 g/mol. The number of rotatable bonds is 10. The maximum Gasteiger partial charge on any atom is 0.332 e. The molecule has 0 unspecified atom stereocenters. The van der Waals surface area contributed by atoms with Crippen molar-refractivity contribution in [3.63, 3.8) is 0 Å². The summed E-state index contributed by atoms with van der Waals surface area (Å²) < 4.78 is 35.2. The summed E-state index contributed by atoms with van der Waals surface area (Å²) in [6.07, 6.45) is -1.71. The number of aromatic nitrogens is 5. The molecule has 4 heterocycles. The van der Waals surface area contributed by atoms with Gasteiger partial charge in [0.1, 0.15) is 11.2 Å². The number of methoxy groups -OCH3 is 1. The van der Waals surface area contributed by atoms with Crippen LogP contribution in [0.1, 0.15) is 36.2 Å². The quantitative estimate of drug-likeness (QED) is 0.189. The summed E-state index contributed by atoms with van der Waals surface area (Å²) in [6, 6.07) is 14.8. The fraction of sp³-hybridized carbons (Fsp3) is 0.294. The Labute approximate surface area is 284 Å². The van der Waals surface area contributed by atoms with Crippen molar-refractivity contribution in [3.05, 3.63) is 91.3 Å². The molecule has 12 nitrogen and oxygen atoms in total. The van der Waals surface area contributed by atoms with Crippen molar-refractivity contribution in [2.24, 2.45) is 14.1 Å². The maximum atomic E-state index is 13.8. The van der Waals surface area contributed by atoms with Gasteiger partial charge in [0, 0.05) is 62.0 Å². The first-order chi connectivity index (χ1) is 23.5. The van der Waals surface area contributed by atoms with Gasteiger partial charge in [0.2, 0.25) is 11.8 Å². The van der Waals surface area contributed by atoms with Gasteiger partial charge in [-0.25, -0.2) is 28.5 Å². The van der Waals surface area contributed by atoms with Gasteiger partial charge < -0.3 is 20.7 Å². The van der Waals surface area contributed by atoms with E-state index in [0.29, 0.717) is 58.5 Å². The molecule has 5 aromatic rings.